The van der Waals surface area contributed by atoms with Crippen LogP contribution in [0.15, 0.2) is 12.2 Å². The Balaban J connectivity index is 1.47. The van der Waals surface area contributed by atoms with Crippen LogP contribution in [-0.2, 0) is 0 Å². The predicted molar refractivity (Wildman–Crippen MR) is 76.6 cm³/mol. The number of hydrogen-bond acceptors (Lipinski definition) is 2. The Bertz CT molecular complexity index is 304. The number of nitrogens with zero attached hydrogens (tertiary/aromatic N) is 1. The summed E-state index contributed by atoms with van der Waals surface area (Å²) < 4.78 is 0. The van der Waals surface area contributed by atoms with Crippen molar-refractivity contribution < 1.29 is 0 Å². The summed E-state index contributed by atoms with van der Waals surface area (Å²) in [4.78, 5) is 2.57. The van der Waals surface area contributed by atoms with E-state index in [-0.39, 0.29) is 0 Å². The van der Waals surface area contributed by atoms with E-state index >= 15 is 0 Å². The zero-order valence-electron chi connectivity index (χ0n) is 11.9. The second-order valence-corrected chi connectivity index (χ2v) is 6.61. The molecular formula is C16H28N2. The highest BCUT2D eigenvalue weighted by molar-refractivity contribution is 5.11. The maximum Gasteiger partial charge on any atom is 0.00940 e. The summed E-state index contributed by atoms with van der Waals surface area (Å²) in [5.41, 5.74) is 0. The summed E-state index contributed by atoms with van der Waals surface area (Å²) in [6.07, 6.45) is 10.5. The fraction of sp³-hybridized carbons (Fsp3) is 0.875. The van der Waals surface area contributed by atoms with Gasteiger partial charge in [-0.05, 0) is 70.0 Å². The van der Waals surface area contributed by atoms with Crippen LogP contribution in [0, 0.1) is 17.8 Å². The first kappa shape index (κ1) is 12.7. The Morgan fingerprint density at radius 1 is 1.22 bits per heavy atom. The van der Waals surface area contributed by atoms with Gasteiger partial charge in [0.1, 0.15) is 0 Å². The number of rotatable bonds is 4. The number of fused-ring (bicyclic) bond motifs is 2. The van der Waals surface area contributed by atoms with Gasteiger partial charge in [-0.1, -0.05) is 19.1 Å². The van der Waals surface area contributed by atoms with Crippen LogP contribution in [0.4, 0.5) is 0 Å². The highest BCUT2D eigenvalue weighted by Crippen LogP contribution is 2.44. The van der Waals surface area contributed by atoms with E-state index in [2.05, 4.69) is 36.2 Å². The van der Waals surface area contributed by atoms with Crippen molar-refractivity contribution in [3.63, 3.8) is 0 Å². The van der Waals surface area contributed by atoms with Gasteiger partial charge in [0.05, 0.1) is 0 Å². The molecule has 2 fully saturated rings. The lowest BCUT2D eigenvalue weighted by molar-refractivity contribution is 0.186. The van der Waals surface area contributed by atoms with E-state index in [1.165, 1.54) is 45.3 Å². The lowest BCUT2D eigenvalue weighted by atomic mass is 9.87. The molecule has 102 valence electrons. The van der Waals surface area contributed by atoms with Gasteiger partial charge in [0.2, 0.25) is 0 Å². The molecule has 18 heavy (non-hydrogen) atoms. The summed E-state index contributed by atoms with van der Waals surface area (Å²) >= 11 is 0. The van der Waals surface area contributed by atoms with Crippen molar-refractivity contribution in [2.75, 3.05) is 19.6 Å². The van der Waals surface area contributed by atoms with Crippen LogP contribution in [-0.4, -0.2) is 36.6 Å². The van der Waals surface area contributed by atoms with Gasteiger partial charge in [0.15, 0.2) is 0 Å². The molecule has 1 N–H and O–H groups in total. The summed E-state index contributed by atoms with van der Waals surface area (Å²) in [6, 6.07) is 1.48. The Hall–Kier alpha value is -0.340. The van der Waals surface area contributed by atoms with Crippen molar-refractivity contribution in [2.45, 2.75) is 51.6 Å². The minimum absolute atomic E-state index is 0.711. The third kappa shape index (κ3) is 2.50. The van der Waals surface area contributed by atoms with Crippen LogP contribution >= 0.6 is 0 Å². The minimum Gasteiger partial charge on any atom is -0.311 e. The molecule has 0 radical (unpaired) electrons. The molecule has 0 aromatic heterocycles. The lowest BCUT2D eigenvalue weighted by Crippen LogP contribution is -2.47. The van der Waals surface area contributed by atoms with E-state index < -0.39 is 0 Å². The Kier molecular flexibility index (Phi) is 3.76. The first-order valence-electron chi connectivity index (χ1n) is 7.93. The molecule has 2 nitrogen and oxygen atoms in total. The summed E-state index contributed by atoms with van der Waals surface area (Å²) in [5.74, 6) is 2.70. The highest BCUT2D eigenvalue weighted by atomic mass is 15.1. The number of likely N-dealkylation sites (tertiary alicyclic amines) is 1. The van der Waals surface area contributed by atoms with Crippen LogP contribution in [0.1, 0.15) is 39.5 Å². The molecule has 2 bridgehead atoms. The van der Waals surface area contributed by atoms with Crippen molar-refractivity contribution in [1.29, 1.82) is 0 Å². The highest BCUT2D eigenvalue weighted by Gasteiger charge is 2.38. The molecule has 3 aliphatic rings. The van der Waals surface area contributed by atoms with E-state index in [1.807, 2.05) is 0 Å². The average Bonchev–Trinajstić information content (AvgIpc) is 3.02. The second kappa shape index (κ2) is 5.34. The van der Waals surface area contributed by atoms with Gasteiger partial charge >= 0.3 is 0 Å². The molecule has 3 rings (SSSR count). The van der Waals surface area contributed by atoms with Gasteiger partial charge in [-0.2, -0.15) is 0 Å². The normalized spacial score (nSPS) is 38.4. The number of nitrogens with one attached hydrogen (secondary N) is 1. The van der Waals surface area contributed by atoms with Crippen LogP contribution in [0.5, 0.6) is 0 Å². The monoisotopic (exact) mass is 248 g/mol. The van der Waals surface area contributed by atoms with Crippen molar-refractivity contribution in [3.05, 3.63) is 12.2 Å². The molecule has 1 saturated carbocycles. The van der Waals surface area contributed by atoms with Crippen LogP contribution in [0.2, 0.25) is 0 Å². The van der Waals surface area contributed by atoms with Crippen molar-refractivity contribution in [1.82, 2.24) is 10.2 Å². The minimum atomic E-state index is 0.711. The predicted octanol–water partition coefficient (Wildman–Crippen LogP) is 2.66. The standard InChI is InChI=1S/C16H28N2/c1-3-18-8-6-15(7-9-18)17-12(2)16-11-13-4-5-14(16)10-13/h4-5,12-17H,3,6-11H2,1-2H3. The third-order valence-corrected chi connectivity index (χ3v) is 5.51. The molecule has 1 aliphatic heterocycles. The molecule has 1 heterocycles. The largest absolute Gasteiger partial charge is 0.311 e. The quantitative estimate of drug-likeness (QED) is 0.770. The van der Waals surface area contributed by atoms with Crippen LogP contribution in [0.25, 0.3) is 0 Å². The van der Waals surface area contributed by atoms with Gasteiger partial charge in [0, 0.05) is 12.1 Å². The fourth-order valence-corrected chi connectivity index (χ4v) is 4.31. The SMILES string of the molecule is CCN1CCC(NC(C)C2CC3C=CC2C3)CC1. The van der Waals surface area contributed by atoms with Gasteiger partial charge in [-0.25, -0.2) is 0 Å². The van der Waals surface area contributed by atoms with Crippen molar-refractivity contribution >= 4 is 0 Å². The lowest BCUT2D eigenvalue weighted by Gasteiger charge is -2.35. The first-order chi connectivity index (χ1) is 8.76. The maximum absolute atomic E-state index is 3.93. The van der Waals surface area contributed by atoms with Gasteiger partial charge in [-0.15, -0.1) is 0 Å². The van der Waals surface area contributed by atoms with E-state index in [1.54, 1.807) is 0 Å². The number of allylic oxidation sites excluding steroid dienone is 2. The van der Waals surface area contributed by atoms with Gasteiger partial charge in [0.25, 0.3) is 0 Å². The second-order valence-electron chi connectivity index (χ2n) is 6.61. The van der Waals surface area contributed by atoms with E-state index in [9.17, 15) is 0 Å². The zero-order valence-corrected chi connectivity index (χ0v) is 11.9. The third-order valence-electron chi connectivity index (χ3n) is 5.51. The van der Waals surface area contributed by atoms with Crippen molar-refractivity contribution in [3.8, 4) is 0 Å². The molecule has 1 saturated heterocycles. The summed E-state index contributed by atoms with van der Waals surface area (Å²) in [7, 11) is 0. The average molecular weight is 248 g/mol. The van der Waals surface area contributed by atoms with Crippen LogP contribution < -0.4 is 5.32 Å². The van der Waals surface area contributed by atoms with Gasteiger partial charge < -0.3 is 10.2 Å². The molecule has 0 spiro atoms. The summed E-state index contributed by atoms with van der Waals surface area (Å²) in [6.45, 7) is 8.50. The molecule has 0 aromatic rings. The molecule has 0 amide bonds. The smallest absolute Gasteiger partial charge is 0.00940 e. The Morgan fingerprint density at radius 3 is 2.56 bits per heavy atom. The number of hydrogen-bond donors (Lipinski definition) is 1. The van der Waals surface area contributed by atoms with E-state index in [0.717, 1.165) is 23.8 Å². The van der Waals surface area contributed by atoms with Gasteiger partial charge in [-0.3, -0.25) is 0 Å². The molecule has 4 atom stereocenters. The molecule has 2 heteroatoms. The maximum atomic E-state index is 3.93. The molecular weight excluding hydrogens is 220 g/mol. The zero-order chi connectivity index (χ0) is 12.5. The van der Waals surface area contributed by atoms with E-state index in [4.69, 9.17) is 0 Å². The summed E-state index contributed by atoms with van der Waals surface area (Å²) in [5, 5.41) is 3.93. The van der Waals surface area contributed by atoms with Crippen molar-refractivity contribution in [2.24, 2.45) is 17.8 Å². The fourth-order valence-electron chi connectivity index (χ4n) is 4.31. The van der Waals surface area contributed by atoms with E-state index in [0.29, 0.717) is 6.04 Å². The number of piperidine rings is 1. The Labute approximate surface area is 112 Å². The molecule has 2 aliphatic carbocycles. The topological polar surface area (TPSA) is 15.3 Å². The van der Waals surface area contributed by atoms with Crippen LogP contribution in [0.3, 0.4) is 0 Å². The molecule has 0 aromatic carbocycles. The molecule has 4 unspecified atom stereocenters. The Morgan fingerprint density at radius 2 is 2.00 bits per heavy atom. The first-order valence-corrected chi connectivity index (χ1v) is 7.93.